The van der Waals surface area contributed by atoms with E-state index in [9.17, 15) is 13.6 Å². The third-order valence-corrected chi connectivity index (χ3v) is 6.30. The zero-order valence-corrected chi connectivity index (χ0v) is 16.7. The molecule has 3 nitrogen and oxygen atoms in total. The van der Waals surface area contributed by atoms with E-state index in [2.05, 4.69) is 9.80 Å². The fourth-order valence-corrected chi connectivity index (χ4v) is 4.67. The van der Waals surface area contributed by atoms with Crippen LogP contribution in [0.25, 0.3) is 0 Å². The Hall–Kier alpha value is -2.11. The van der Waals surface area contributed by atoms with Gasteiger partial charge in [0.15, 0.2) is 0 Å². The molecule has 4 rings (SSSR count). The molecule has 2 aliphatic rings. The summed E-state index contributed by atoms with van der Waals surface area (Å²) in [7, 11) is 0. The van der Waals surface area contributed by atoms with Gasteiger partial charge in [-0.05, 0) is 48.2 Å². The quantitative estimate of drug-likeness (QED) is 0.744. The van der Waals surface area contributed by atoms with Gasteiger partial charge in [0, 0.05) is 45.1 Å². The molecular weight excluding hydrogens is 370 g/mol. The number of halogens is 2. The van der Waals surface area contributed by atoms with E-state index in [0.29, 0.717) is 5.78 Å². The van der Waals surface area contributed by atoms with Crippen LogP contribution in [0.1, 0.15) is 42.9 Å². The largest absolute Gasteiger partial charge is 0.300 e. The van der Waals surface area contributed by atoms with Crippen LogP contribution >= 0.6 is 0 Å². The van der Waals surface area contributed by atoms with Gasteiger partial charge in [-0.2, -0.15) is 0 Å². The third-order valence-electron chi connectivity index (χ3n) is 6.30. The number of piperazine rings is 1. The lowest BCUT2D eigenvalue weighted by atomic mass is 9.87. The average molecular weight is 398 g/mol. The Bertz CT molecular complexity index is 768. The Morgan fingerprint density at radius 1 is 0.828 bits per heavy atom. The fraction of sp³-hybridized carbons (Fsp3) is 0.458. The van der Waals surface area contributed by atoms with E-state index in [-0.39, 0.29) is 23.6 Å². The van der Waals surface area contributed by atoms with Crippen molar-refractivity contribution in [1.29, 1.82) is 0 Å². The van der Waals surface area contributed by atoms with Gasteiger partial charge in [0.2, 0.25) is 0 Å². The van der Waals surface area contributed by atoms with Crippen molar-refractivity contribution in [3.05, 3.63) is 71.3 Å². The summed E-state index contributed by atoms with van der Waals surface area (Å²) in [4.78, 5) is 16.9. The third kappa shape index (κ3) is 4.90. The van der Waals surface area contributed by atoms with Gasteiger partial charge in [-0.3, -0.25) is 9.69 Å². The minimum Gasteiger partial charge on any atom is -0.300 e. The Balaban J connectivity index is 1.47. The Labute approximate surface area is 171 Å². The number of nitrogens with zero attached hydrogens (tertiary/aromatic N) is 2. The minimum absolute atomic E-state index is 0.0327. The molecule has 29 heavy (non-hydrogen) atoms. The van der Waals surface area contributed by atoms with Crippen LogP contribution in [-0.4, -0.2) is 48.3 Å². The highest BCUT2D eigenvalue weighted by Crippen LogP contribution is 2.30. The minimum atomic E-state index is -0.256. The molecule has 0 amide bonds. The first-order valence-electron chi connectivity index (χ1n) is 10.6. The molecule has 2 fully saturated rings. The number of hydrogen-bond donors (Lipinski definition) is 0. The van der Waals surface area contributed by atoms with Gasteiger partial charge in [-0.1, -0.05) is 30.7 Å². The predicted octanol–water partition coefficient (Wildman–Crippen LogP) is 4.43. The van der Waals surface area contributed by atoms with Gasteiger partial charge in [0.05, 0.1) is 6.04 Å². The van der Waals surface area contributed by atoms with Crippen molar-refractivity contribution in [2.24, 2.45) is 5.92 Å². The molecule has 1 heterocycles. The zero-order valence-electron chi connectivity index (χ0n) is 16.7. The number of carbonyl (C=O) groups excluding carboxylic acids is 1. The van der Waals surface area contributed by atoms with Crippen molar-refractivity contribution in [3.63, 3.8) is 0 Å². The molecule has 2 aromatic rings. The van der Waals surface area contributed by atoms with E-state index in [4.69, 9.17) is 0 Å². The summed E-state index contributed by atoms with van der Waals surface area (Å²) in [5.41, 5.74) is 2.02. The lowest BCUT2D eigenvalue weighted by Crippen LogP contribution is -2.49. The maximum absolute atomic E-state index is 13.5. The van der Waals surface area contributed by atoms with Gasteiger partial charge in [0.1, 0.15) is 17.4 Å². The summed E-state index contributed by atoms with van der Waals surface area (Å²) in [6, 6.07) is 13.2. The molecular formula is C24H28F2N2O. The van der Waals surface area contributed by atoms with Crippen molar-refractivity contribution >= 4 is 5.78 Å². The number of Topliss-reactive ketones (excluding diaryl/α,β-unsaturated/α-hetero) is 1. The van der Waals surface area contributed by atoms with Gasteiger partial charge in [-0.25, -0.2) is 8.78 Å². The van der Waals surface area contributed by atoms with Crippen molar-refractivity contribution in [1.82, 2.24) is 9.80 Å². The lowest BCUT2D eigenvalue weighted by Gasteiger charge is -2.41. The van der Waals surface area contributed by atoms with Crippen LogP contribution in [-0.2, 0) is 4.79 Å². The van der Waals surface area contributed by atoms with Gasteiger partial charge in [-0.15, -0.1) is 0 Å². The van der Waals surface area contributed by atoms with Crippen LogP contribution < -0.4 is 0 Å². The molecule has 0 bridgehead atoms. The second kappa shape index (κ2) is 9.14. The molecule has 1 saturated carbocycles. The van der Waals surface area contributed by atoms with Crippen molar-refractivity contribution in [2.45, 2.75) is 31.7 Å². The fourth-order valence-electron chi connectivity index (χ4n) is 4.67. The monoisotopic (exact) mass is 398 g/mol. The Kier molecular flexibility index (Phi) is 6.36. The normalized spacial score (nSPS) is 21.6. The summed E-state index contributed by atoms with van der Waals surface area (Å²) in [6.45, 7) is 4.40. The molecule has 1 unspecified atom stereocenters. The maximum Gasteiger partial charge on any atom is 0.137 e. The highest BCUT2D eigenvalue weighted by atomic mass is 19.1. The number of benzene rings is 2. The Morgan fingerprint density at radius 2 is 1.38 bits per heavy atom. The first-order chi connectivity index (χ1) is 14.1. The topological polar surface area (TPSA) is 23.6 Å². The second-order valence-electron chi connectivity index (χ2n) is 8.25. The Morgan fingerprint density at radius 3 is 1.90 bits per heavy atom. The number of carbonyl (C=O) groups is 1. The van der Waals surface area contributed by atoms with Crippen LogP contribution in [0, 0.1) is 17.6 Å². The smallest absolute Gasteiger partial charge is 0.137 e. The van der Waals surface area contributed by atoms with Crippen molar-refractivity contribution in [2.75, 3.05) is 32.7 Å². The predicted molar refractivity (Wildman–Crippen MR) is 110 cm³/mol. The van der Waals surface area contributed by atoms with Crippen molar-refractivity contribution in [3.8, 4) is 0 Å². The first-order valence-corrected chi connectivity index (χ1v) is 10.6. The molecule has 0 spiro atoms. The molecule has 2 aromatic carbocycles. The maximum atomic E-state index is 13.5. The van der Waals surface area contributed by atoms with Gasteiger partial charge in [0.25, 0.3) is 0 Å². The first kappa shape index (κ1) is 20.2. The van der Waals surface area contributed by atoms with Crippen LogP contribution in [0.4, 0.5) is 8.78 Å². The molecule has 0 radical (unpaired) electrons. The lowest BCUT2D eigenvalue weighted by molar-refractivity contribution is -0.125. The average Bonchev–Trinajstić information content (AvgIpc) is 2.74. The summed E-state index contributed by atoms with van der Waals surface area (Å²) in [6.07, 6.45) is 3.96. The molecule has 1 saturated heterocycles. The zero-order chi connectivity index (χ0) is 20.2. The molecule has 1 aliphatic carbocycles. The SMILES string of the molecule is O=C1CCCCC1CN1CCN(C(c2ccc(F)cc2)c2ccc(F)cc2)CC1. The molecule has 1 atom stereocenters. The molecule has 5 heteroatoms. The number of rotatable bonds is 5. The standard InChI is InChI=1S/C24H28F2N2O/c25-21-9-5-18(6-10-21)24(19-7-11-22(26)12-8-19)28-15-13-27(14-16-28)17-20-3-1-2-4-23(20)29/h5-12,20,24H,1-4,13-17H2. The highest BCUT2D eigenvalue weighted by molar-refractivity contribution is 5.81. The van der Waals surface area contributed by atoms with E-state index in [1.165, 1.54) is 24.3 Å². The molecule has 0 aromatic heterocycles. The van der Waals surface area contributed by atoms with Gasteiger partial charge >= 0.3 is 0 Å². The van der Waals surface area contributed by atoms with Crippen LogP contribution in [0.2, 0.25) is 0 Å². The van der Waals surface area contributed by atoms with E-state index in [0.717, 1.165) is 69.5 Å². The molecule has 1 aliphatic heterocycles. The summed E-state index contributed by atoms with van der Waals surface area (Å²) in [5.74, 6) is 0.108. The number of hydrogen-bond acceptors (Lipinski definition) is 3. The molecule has 154 valence electrons. The highest BCUT2D eigenvalue weighted by Gasteiger charge is 2.29. The van der Waals surface area contributed by atoms with Crippen molar-refractivity contribution < 1.29 is 13.6 Å². The van der Waals surface area contributed by atoms with Crippen LogP contribution in [0.15, 0.2) is 48.5 Å². The molecule has 0 N–H and O–H groups in total. The van der Waals surface area contributed by atoms with Crippen LogP contribution in [0.3, 0.4) is 0 Å². The van der Waals surface area contributed by atoms with E-state index in [1.54, 1.807) is 0 Å². The summed E-state index contributed by atoms with van der Waals surface area (Å²) in [5, 5.41) is 0. The van der Waals surface area contributed by atoms with Gasteiger partial charge < -0.3 is 4.90 Å². The van der Waals surface area contributed by atoms with E-state index >= 15 is 0 Å². The second-order valence-corrected chi connectivity index (χ2v) is 8.25. The van der Waals surface area contributed by atoms with E-state index in [1.807, 2.05) is 24.3 Å². The van der Waals surface area contributed by atoms with Crippen LogP contribution in [0.5, 0.6) is 0 Å². The number of ketones is 1. The summed E-state index contributed by atoms with van der Waals surface area (Å²) >= 11 is 0. The van der Waals surface area contributed by atoms with E-state index < -0.39 is 0 Å². The summed E-state index contributed by atoms with van der Waals surface area (Å²) < 4.78 is 26.9.